The first-order valence-corrected chi connectivity index (χ1v) is 8.18. The maximum atomic E-state index is 12.1. The lowest BCUT2D eigenvalue weighted by Crippen LogP contribution is -2.36. The van der Waals surface area contributed by atoms with Gasteiger partial charge in [-0.15, -0.1) is 0 Å². The van der Waals surface area contributed by atoms with E-state index >= 15 is 0 Å². The Morgan fingerprint density at radius 1 is 1.33 bits per heavy atom. The van der Waals surface area contributed by atoms with Crippen molar-refractivity contribution in [2.75, 3.05) is 5.75 Å². The van der Waals surface area contributed by atoms with Gasteiger partial charge in [0.1, 0.15) is 5.75 Å². The SMILES string of the molecule is CCC(C)NC(=O)CS(=O)(=O)c1ccc(C)c(C(=O)O)c1. The predicted molar refractivity (Wildman–Crippen MR) is 78.1 cm³/mol. The molecule has 116 valence electrons. The van der Waals surface area contributed by atoms with Gasteiger partial charge in [0.25, 0.3) is 0 Å². The molecule has 0 bridgehead atoms. The van der Waals surface area contributed by atoms with Crippen molar-refractivity contribution in [3.63, 3.8) is 0 Å². The molecule has 0 aliphatic carbocycles. The van der Waals surface area contributed by atoms with Gasteiger partial charge in [-0.25, -0.2) is 13.2 Å². The number of carboxylic acid groups (broad SMARTS) is 1. The number of nitrogens with one attached hydrogen (secondary N) is 1. The Bertz CT molecular complexity index is 651. The van der Waals surface area contributed by atoms with Crippen LogP contribution < -0.4 is 5.32 Å². The average molecular weight is 313 g/mol. The first-order valence-electron chi connectivity index (χ1n) is 6.53. The fraction of sp³-hybridized carbons (Fsp3) is 0.429. The van der Waals surface area contributed by atoms with E-state index in [-0.39, 0.29) is 16.5 Å². The van der Waals surface area contributed by atoms with E-state index in [4.69, 9.17) is 5.11 Å². The number of aromatic carboxylic acids is 1. The number of rotatable bonds is 6. The minimum atomic E-state index is -3.86. The predicted octanol–water partition coefficient (Wildman–Crippen LogP) is 1.38. The van der Waals surface area contributed by atoms with Gasteiger partial charge in [-0.05, 0) is 38.0 Å². The molecule has 1 amide bonds. The monoisotopic (exact) mass is 313 g/mol. The third kappa shape index (κ3) is 4.56. The van der Waals surface area contributed by atoms with Gasteiger partial charge in [0, 0.05) is 6.04 Å². The highest BCUT2D eigenvalue weighted by molar-refractivity contribution is 7.92. The molecule has 0 aromatic heterocycles. The van der Waals surface area contributed by atoms with Gasteiger partial charge in [-0.3, -0.25) is 4.79 Å². The van der Waals surface area contributed by atoms with E-state index in [1.54, 1.807) is 13.8 Å². The molecule has 1 aromatic rings. The Morgan fingerprint density at radius 2 is 1.95 bits per heavy atom. The minimum absolute atomic E-state index is 0.0848. The fourth-order valence-electron chi connectivity index (χ4n) is 1.70. The number of amides is 1. The largest absolute Gasteiger partial charge is 0.478 e. The number of carbonyl (C=O) groups is 2. The second kappa shape index (κ2) is 6.71. The van der Waals surface area contributed by atoms with Crippen LogP contribution in [0.1, 0.15) is 36.2 Å². The Kier molecular flexibility index (Phi) is 5.48. The fourth-order valence-corrected chi connectivity index (χ4v) is 2.87. The van der Waals surface area contributed by atoms with E-state index in [1.165, 1.54) is 12.1 Å². The van der Waals surface area contributed by atoms with Gasteiger partial charge in [0.05, 0.1) is 10.5 Å². The van der Waals surface area contributed by atoms with E-state index in [2.05, 4.69) is 5.32 Å². The van der Waals surface area contributed by atoms with Gasteiger partial charge in [0.15, 0.2) is 9.84 Å². The molecule has 0 saturated carbocycles. The summed E-state index contributed by atoms with van der Waals surface area (Å²) in [6.07, 6.45) is 0.694. The van der Waals surface area contributed by atoms with Crippen LogP contribution in [-0.2, 0) is 14.6 Å². The Labute approximate surface area is 124 Å². The molecule has 1 rings (SSSR count). The first-order chi connectivity index (χ1) is 9.67. The number of benzene rings is 1. The van der Waals surface area contributed by atoms with Crippen LogP contribution in [0.4, 0.5) is 0 Å². The van der Waals surface area contributed by atoms with Gasteiger partial charge in [-0.1, -0.05) is 13.0 Å². The zero-order valence-electron chi connectivity index (χ0n) is 12.2. The molecule has 2 N–H and O–H groups in total. The molecule has 21 heavy (non-hydrogen) atoms. The summed E-state index contributed by atoms with van der Waals surface area (Å²) in [7, 11) is -3.86. The standard InChI is InChI=1S/C14H19NO5S/c1-4-10(3)15-13(16)8-21(19,20)11-6-5-9(2)12(7-11)14(17)18/h5-7,10H,4,8H2,1-3H3,(H,15,16)(H,17,18). The van der Waals surface area contributed by atoms with Gasteiger partial charge >= 0.3 is 5.97 Å². The van der Waals surface area contributed by atoms with E-state index in [0.717, 1.165) is 6.07 Å². The molecule has 0 aliphatic heterocycles. The molecule has 0 saturated heterocycles. The molecule has 7 heteroatoms. The molecule has 0 aliphatic rings. The summed E-state index contributed by atoms with van der Waals surface area (Å²) in [5.41, 5.74) is 0.379. The number of hydrogen-bond donors (Lipinski definition) is 2. The average Bonchev–Trinajstić information content (AvgIpc) is 2.37. The number of sulfone groups is 1. The number of hydrogen-bond acceptors (Lipinski definition) is 4. The smallest absolute Gasteiger partial charge is 0.335 e. The zero-order valence-corrected chi connectivity index (χ0v) is 13.0. The summed E-state index contributed by atoms with van der Waals surface area (Å²) < 4.78 is 24.3. The Morgan fingerprint density at radius 3 is 2.48 bits per heavy atom. The van der Waals surface area contributed by atoms with Crippen molar-refractivity contribution in [3.8, 4) is 0 Å². The van der Waals surface area contributed by atoms with Crippen LogP contribution in [0.5, 0.6) is 0 Å². The highest BCUT2D eigenvalue weighted by Crippen LogP contribution is 2.17. The van der Waals surface area contributed by atoms with Gasteiger partial charge in [-0.2, -0.15) is 0 Å². The topological polar surface area (TPSA) is 101 Å². The maximum Gasteiger partial charge on any atom is 0.335 e. The van der Waals surface area contributed by atoms with Gasteiger partial charge < -0.3 is 10.4 Å². The quantitative estimate of drug-likeness (QED) is 0.826. The molecule has 0 fully saturated rings. The van der Waals surface area contributed by atoms with Crippen LogP contribution in [0.2, 0.25) is 0 Å². The summed E-state index contributed by atoms with van der Waals surface area (Å²) in [4.78, 5) is 22.6. The van der Waals surface area contributed by atoms with Crippen molar-refractivity contribution < 1.29 is 23.1 Å². The van der Waals surface area contributed by atoms with Crippen molar-refractivity contribution in [1.29, 1.82) is 0 Å². The van der Waals surface area contributed by atoms with Crippen LogP contribution in [0, 0.1) is 6.92 Å². The van der Waals surface area contributed by atoms with E-state index in [9.17, 15) is 18.0 Å². The lowest BCUT2D eigenvalue weighted by Gasteiger charge is -2.12. The first kappa shape index (κ1) is 17.2. The molecule has 0 spiro atoms. The van der Waals surface area contributed by atoms with E-state index < -0.39 is 27.5 Å². The normalized spacial score (nSPS) is 12.7. The van der Waals surface area contributed by atoms with Crippen LogP contribution >= 0.6 is 0 Å². The molecular formula is C14H19NO5S. The lowest BCUT2D eigenvalue weighted by atomic mass is 10.1. The second-order valence-corrected chi connectivity index (χ2v) is 6.91. The summed E-state index contributed by atoms with van der Waals surface area (Å²) >= 11 is 0. The van der Waals surface area contributed by atoms with Crippen LogP contribution in [-0.4, -0.2) is 37.2 Å². The van der Waals surface area contributed by atoms with E-state index in [1.807, 2.05) is 6.92 Å². The van der Waals surface area contributed by atoms with Gasteiger partial charge in [0.2, 0.25) is 5.91 Å². The van der Waals surface area contributed by atoms with Crippen molar-refractivity contribution in [2.24, 2.45) is 0 Å². The third-order valence-electron chi connectivity index (χ3n) is 3.14. The summed E-state index contributed by atoms with van der Waals surface area (Å²) in [5, 5.41) is 11.6. The highest BCUT2D eigenvalue weighted by Gasteiger charge is 2.22. The summed E-state index contributed by atoms with van der Waals surface area (Å²) in [6, 6.07) is 3.71. The number of carbonyl (C=O) groups excluding carboxylic acids is 1. The Hall–Kier alpha value is -1.89. The molecular weight excluding hydrogens is 294 g/mol. The van der Waals surface area contributed by atoms with E-state index in [0.29, 0.717) is 12.0 Å². The summed E-state index contributed by atoms with van der Waals surface area (Å²) in [5.74, 6) is -2.49. The van der Waals surface area contributed by atoms with Crippen molar-refractivity contribution in [1.82, 2.24) is 5.32 Å². The van der Waals surface area contributed by atoms with Crippen molar-refractivity contribution in [3.05, 3.63) is 29.3 Å². The second-order valence-electron chi connectivity index (χ2n) is 4.92. The highest BCUT2D eigenvalue weighted by atomic mass is 32.2. The minimum Gasteiger partial charge on any atom is -0.478 e. The third-order valence-corrected chi connectivity index (χ3v) is 4.75. The van der Waals surface area contributed by atoms with Crippen molar-refractivity contribution >= 4 is 21.7 Å². The maximum absolute atomic E-state index is 12.1. The van der Waals surface area contributed by atoms with Crippen LogP contribution in [0.15, 0.2) is 23.1 Å². The number of carboxylic acids is 1. The molecule has 0 heterocycles. The number of aryl methyl sites for hydroxylation is 1. The zero-order chi connectivity index (χ0) is 16.2. The van der Waals surface area contributed by atoms with Crippen LogP contribution in [0.3, 0.4) is 0 Å². The molecule has 1 aromatic carbocycles. The summed E-state index contributed by atoms with van der Waals surface area (Å²) in [6.45, 7) is 5.23. The lowest BCUT2D eigenvalue weighted by molar-refractivity contribution is -0.119. The van der Waals surface area contributed by atoms with Crippen molar-refractivity contribution in [2.45, 2.75) is 38.1 Å². The molecule has 0 radical (unpaired) electrons. The molecule has 6 nitrogen and oxygen atoms in total. The Balaban J connectivity index is 3.01. The molecule has 1 atom stereocenters. The van der Waals surface area contributed by atoms with Crippen LogP contribution in [0.25, 0.3) is 0 Å². The molecule has 1 unspecified atom stereocenters.